The molecule has 2 fully saturated rings. The Morgan fingerprint density at radius 1 is 1.06 bits per heavy atom. The van der Waals surface area contributed by atoms with Gasteiger partial charge in [-0.3, -0.25) is 9.69 Å². The lowest BCUT2D eigenvalue weighted by atomic mass is 9.86. The van der Waals surface area contributed by atoms with Gasteiger partial charge in [0.25, 0.3) is 0 Å². The highest BCUT2D eigenvalue weighted by Gasteiger charge is 2.32. The first-order valence-electron chi connectivity index (χ1n) is 11.2. The van der Waals surface area contributed by atoms with Crippen molar-refractivity contribution in [3.63, 3.8) is 0 Å². The molecule has 7 nitrogen and oxygen atoms in total. The Morgan fingerprint density at radius 2 is 1.71 bits per heavy atom. The second-order valence-electron chi connectivity index (χ2n) is 8.88. The highest BCUT2D eigenvalue weighted by molar-refractivity contribution is 6.00. The summed E-state index contributed by atoms with van der Waals surface area (Å²) in [6.07, 6.45) is 7.11. The van der Waals surface area contributed by atoms with E-state index >= 15 is 0 Å². The number of nitrogens with two attached hydrogens (primary N) is 1. The molecule has 0 unspecified atom stereocenters. The number of anilines is 1. The largest absolute Gasteiger partial charge is 0.368 e. The van der Waals surface area contributed by atoms with Crippen molar-refractivity contribution in [2.24, 2.45) is 11.8 Å². The topological polar surface area (TPSA) is 99.2 Å². The summed E-state index contributed by atoms with van der Waals surface area (Å²) in [6.45, 7) is 6.21. The van der Waals surface area contributed by atoms with Gasteiger partial charge in [0, 0.05) is 55.1 Å². The van der Waals surface area contributed by atoms with E-state index < -0.39 is 0 Å². The number of rotatable bonds is 5. The number of carbonyl (C=O) groups excluding carboxylic acids is 1. The van der Waals surface area contributed by atoms with Crippen LogP contribution in [-0.4, -0.2) is 57.6 Å². The second kappa shape index (κ2) is 9.56. The molecule has 2 aliphatic heterocycles. The number of nitrogens with zero attached hydrogens (tertiary/aromatic N) is 4. The molecule has 1 aromatic heterocycles. The number of hydrogen-bond acceptors (Lipinski definition) is 6. The summed E-state index contributed by atoms with van der Waals surface area (Å²) in [5, 5.41) is 8.59. The Labute approximate surface area is 184 Å². The number of nitrogens with one attached hydrogen (secondary N) is 1. The van der Waals surface area contributed by atoms with Crippen molar-refractivity contribution in [1.29, 1.82) is 5.41 Å². The number of likely N-dealkylation sites (tertiary alicyclic amines) is 2. The molecule has 2 aromatic rings. The predicted octanol–water partition coefficient (Wildman–Crippen LogP) is 2.89. The molecule has 164 valence electrons. The Morgan fingerprint density at radius 3 is 2.35 bits per heavy atom. The number of nitrogen functional groups attached to an aromatic ring is 1. The van der Waals surface area contributed by atoms with Crippen LogP contribution in [-0.2, 0) is 11.3 Å². The van der Waals surface area contributed by atoms with Crippen molar-refractivity contribution < 1.29 is 4.79 Å². The van der Waals surface area contributed by atoms with Crippen LogP contribution < -0.4 is 5.73 Å². The van der Waals surface area contributed by atoms with Crippen LogP contribution in [0.15, 0.2) is 36.7 Å². The minimum Gasteiger partial charge on any atom is -0.368 e. The average Bonchev–Trinajstić information content (AvgIpc) is 2.80. The molecule has 0 radical (unpaired) electrons. The Kier molecular flexibility index (Phi) is 6.61. The number of aromatic nitrogens is 2. The zero-order valence-electron chi connectivity index (χ0n) is 18.3. The van der Waals surface area contributed by atoms with E-state index in [0.717, 1.165) is 75.2 Å². The molecule has 7 heteroatoms. The SMILES string of the molecule is Cc1cccc(C(=N)C2CCN(C(=O)C3CCN(Cc4cnc(N)nc4)CC3)CC2)c1. The number of piperidine rings is 2. The smallest absolute Gasteiger partial charge is 0.225 e. The van der Waals surface area contributed by atoms with Crippen molar-refractivity contribution in [2.45, 2.75) is 39.2 Å². The maximum absolute atomic E-state index is 13.1. The molecule has 4 rings (SSSR count). The number of benzene rings is 1. The minimum absolute atomic E-state index is 0.117. The van der Waals surface area contributed by atoms with Gasteiger partial charge in [0.05, 0.1) is 0 Å². The fourth-order valence-electron chi connectivity index (χ4n) is 4.74. The first-order chi connectivity index (χ1) is 15.0. The Hall–Kier alpha value is -2.80. The zero-order chi connectivity index (χ0) is 21.8. The third-order valence-corrected chi connectivity index (χ3v) is 6.61. The van der Waals surface area contributed by atoms with Crippen LogP contribution in [0.1, 0.15) is 42.4 Å². The molecular weight excluding hydrogens is 388 g/mol. The van der Waals surface area contributed by atoms with E-state index in [4.69, 9.17) is 11.1 Å². The van der Waals surface area contributed by atoms with Crippen LogP contribution in [0.2, 0.25) is 0 Å². The Balaban J connectivity index is 1.24. The molecular formula is C24H32N6O. The van der Waals surface area contributed by atoms with Gasteiger partial charge in [0.1, 0.15) is 0 Å². The molecule has 0 aliphatic carbocycles. The first kappa shape index (κ1) is 21.4. The number of amides is 1. The van der Waals surface area contributed by atoms with Crippen LogP contribution in [0.5, 0.6) is 0 Å². The Bertz CT molecular complexity index is 912. The quantitative estimate of drug-likeness (QED) is 0.725. The highest BCUT2D eigenvalue weighted by atomic mass is 16.2. The van der Waals surface area contributed by atoms with Gasteiger partial charge in [0.15, 0.2) is 0 Å². The summed E-state index contributed by atoms with van der Waals surface area (Å²) < 4.78 is 0. The van der Waals surface area contributed by atoms with Crippen molar-refractivity contribution in [3.8, 4) is 0 Å². The van der Waals surface area contributed by atoms with Gasteiger partial charge in [-0.15, -0.1) is 0 Å². The van der Waals surface area contributed by atoms with E-state index in [-0.39, 0.29) is 11.8 Å². The van der Waals surface area contributed by atoms with Crippen molar-refractivity contribution >= 4 is 17.6 Å². The fourth-order valence-corrected chi connectivity index (χ4v) is 4.74. The standard InChI is InChI=1S/C24H32N6O/c1-17-3-2-4-21(13-17)22(25)19-7-11-30(12-8-19)23(31)20-5-9-29(10-6-20)16-18-14-27-24(26)28-15-18/h2-4,13-15,19-20,25H,5-12,16H2,1H3,(H2,26,27,28). The number of carbonyl (C=O) groups is 1. The summed E-state index contributed by atoms with van der Waals surface area (Å²) in [7, 11) is 0. The molecule has 2 aliphatic rings. The van der Waals surface area contributed by atoms with Crippen LogP contribution in [0, 0.1) is 24.2 Å². The maximum Gasteiger partial charge on any atom is 0.225 e. The molecule has 1 aromatic carbocycles. The second-order valence-corrected chi connectivity index (χ2v) is 8.88. The third kappa shape index (κ3) is 5.28. The fraction of sp³-hybridized carbons (Fsp3) is 0.500. The molecule has 0 spiro atoms. The van der Waals surface area contributed by atoms with E-state index in [9.17, 15) is 4.79 Å². The summed E-state index contributed by atoms with van der Waals surface area (Å²) in [4.78, 5) is 25.6. The lowest BCUT2D eigenvalue weighted by molar-refractivity contribution is -0.138. The van der Waals surface area contributed by atoms with Gasteiger partial charge in [0.2, 0.25) is 11.9 Å². The van der Waals surface area contributed by atoms with Crippen molar-refractivity contribution in [2.75, 3.05) is 31.9 Å². The van der Waals surface area contributed by atoms with Crippen LogP contribution in [0.3, 0.4) is 0 Å². The minimum atomic E-state index is 0.117. The van der Waals surface area contributed by atoms with E-state index in [1.165, 1.54) is 5.56 Å². The molecule has 2 saturated heterocycles. The lowest BCUT2D eigenvalue weighted by Gasteiger charge is -2.37. The molecule has 0 atom stereocenters. The van der Waals surface area contributed by atoms with Crippen LogP contribution in [0.25, 0.3) is 0 Å². The average molecular weight is 421 g/mol. The van der Waals surface area contributed by atoms with Crippen molar-refractivity contribution in [3.05, 3.63) is 53.3 Å². The number of aryl methyl sites for hydroxylation is 1. The third-order valence-electron chi connectivity index (χ3n) is 6.61. The van der Waals surface area contributed by atoms with E-state index in [1.54, 1.807) is 12.4 Å². The molecule has 3 N–H and O–H groups in total. The summed E-state index contributed by atoms with van der Waals surface area (Å²) in [5.74, 6) is 0.961. The normalized spacial score (nSPS) is 18.8. The predicted molar refractivity (Wildman–Crippen MR) is 122 cm³/mol. The maximum atomic E-state index is 13.1. The van der Waals surface area contributed by atoms with E-state index in [2.05, 4.69) is 33.9 Å². The lowest BCUT2D eigenvalue weighted by Crippen LogP contribution is -2.46. The number of hydrogen-bond donors (Lipinski definition) is 2. The molecule has 3 heterocycles. The zero-order valence-corrected chi connectivity index (χ0v) is 18.3. The van der Waals surface area contributed by atoms with Crippen LogP contribution in [0.4, 0.5) is 5.95 Å². The molecule has 0 bridgehead atoms. The molecule has 0 saturated carbocycles. The van der Waals surface area contributed by atoms with Gasteiger partial charge in [-0.2, -0.15) is 0 Å². The first-order valence-corrected chi connectivity index (χ1v) is 11.2. The highest BCUT2D eigenvalue weighted by Crippen LogP contribution is 2.26. The van der Waals surface area contributed by atoms with E-state index in [0.29, 0.717) is 11.9 Å². The van der Waals surface area contributed by atoms with Gasteiger partial charge in [-0.25, -0.2) is 9.97 Å². The van der Waals surface area contributed by atoms with Gasteiger partial charge >= 0.3 is 0 Å². The summed E-state index contributed by atoms with van der Waals surface area (Å²) in [5.41, 5.74) is 9.53. The van der Waals surface area contributed by atoms with Gasteiger partial charge in [-0.1, -0.05) is 29.8 Å². The molecule has 31 heavy (non-hydrogen) atoms. The van der Waals surface area contributed by atoms with Crippen LogP contribution >= 0.6 is 0 Å². The van der Waals surface area contributed by atoms with Gasteiger partial charge in [-0.05, 0) is 51.3 Å². The summed E-state index contributed by atoms with van der Waals surface area (Å²) >= 11 is 0. The monoisotopic (exact) mass is 420 g/mol. The summed E-state index contributed by atoms with van der Waals surface area (Å²) in [6, 6.07) is 8.19. The molecule has 1 amide bonds. The van der Waals surface area contributed by atoms with Crippen molar-refractivity contribution in [1.82, 2.24) is 19.8 Å². The van der Waals surface area contributed by atoms with E-state index in [1.807, 2.05) is 17.0 Å². The van der Waals surface area contributed by atoms with Gasteiger partial charge < -0.3 is 16.0 Å².